The Bertz CT molecular complexity index is 987. The van der Waals surface area contributed by atoms with Crippen LogP contribution in [0, 0.1) is 13.8 Å². The van der Waals surface area contributed by atoms with Gasteiger partial charge in [0.1, 0.15) is 0 Å². The van der Waals surface area contributed by atoms with E-state index in [0.29, 0.717) is 11.8 Å². The van der Waals surface area contributed by atoms with Crippen molar-refractivity contribution in [1.82, 2.24) is 19.3 Å². The SMILES string of the molecule is COCCCn1c(C)cc(C(=O)CSc2nnc(-c3cccs3)n2C2CC2)c1C. The molecule has 4 rings (SSSR count). The molecule has 1 aliphatic carbocycles. The quantitative estimate of drug-likeness (QED) is 0.263. The van der Waals surface area contributed by atoms with E-state index in [1.807, 2.05) is 19.1 Å². The van der Waals surface area contributed by atoms with Crippen LogP contribution in [0.3, 0.4) is 0 Å². The third kappa shape index (κ3) is 4.34. The van der Waals surface area contributed by atoms with Gasteiger partial charge in [-0.05, 0) is 50.6 Å². The number of rotatable bonds is 10. The van der Waals surface area contributed by atoms with Gasteiger partial charge in [0.15, 0.2) is 16.8 Å². The van der Waals surface area contributed by atoms with Crippen molar-refractivity contribution >= 4 is 28.9 Å². The van der Waals surface area contributed by atoms with E-state index in [2.05, 4.69) is 37.7 Å². The molecule has 0 aliphatic heterocycles. The number of Topliss-reactive ketones (excluding diaryl/α,β-unsaturated/α-hetero) is 1. The second-order valence-electron chi connectivity index (χ2n) is 7.38. The van der Waals surface area contributed by atoms with E-state index in [1.165, 1.54) is 11.8 Å². The summed E-state index contributed by atoms with van der Waals surface area (Å²) < 4.78 is 9.58. The van der Waals surface area contributed by atoms with Crippen molar-refractivity contribution in [2.45, 2.75) is 50.9 Å². The Morgan fingerprint density at radius 2 is 2.17 bits per heavy atom. The average Bonchev–Trinajstić information content (AvgIpc) is 3.13. The molecule has 0 unspecified atom stereocenters. The van der Waals surface area contributed by atoms with Crippen LogP contribution in [0.5, 0.6) is 0 Å². The zero-order valence-electron chi connectivity index (χ0n) is 17.1. The molecule has 1 fully saturated rings. The number of hydrogen-bond acceptors (Lipinski definition) is 6. The van der Waals surface area contributed by atoms with Gasteiger partial charge in [0.25, 0.3) is 0 Å². The Morgan fingerprint density at radius 1 is 1.34 bits per heavy atom. The van der Waals surface area contributed by atoms with E-state index in [4.69, 9.17) is 4.74 Å². The first-order chi connectivity index (χ1) is 14.1. The van der Waals surface area contributed by atoms with E-state index in [1.54, 1.807) is 18.4 Å². The maximum atomic E-state index is 13.0. The summed E-state index contributed by atoms with van der Waals surface area (Å²) in [5.74, 6) is 1.44. The largest absolute Gasteiger partial charge is 0.385 e. The van der Waals surface area contributed by atoms with Gasteiger partial charge < -0.3 is 9.30 Å². The molecule has 154 valence electrons. The monoisotopic (exact) mass is 430 g/mol. The standard InChI is InChI=1S/C21H26N4O2S2/c1-14-12-17(15(2)24(14)9-5-10-27-3)18(26)13-29-21-23-22-20(19-6-4-11-28-19)25(21)16-7-8-16/h4,6,11-12,16H,5,7-10,13H2,1-3H3. The molecule has 0 radical (unpaired) electrons. The lowest BCUT2D eigenvalue weighted by Crippen LogP contribution is -2.08. The van der Waals surface area contributed by atoms with Crippen molar-refractivity contribution in [3.05, 3.63) is 40.5 Å². The van der Waals surface area contributed by atoms with Crippen molar-refractivity contribution in [3.8, 4) is 10.7 Å². The van der Waals surface area contributed by atoms with Crippen LogP contribution in [0.2, 0.25) is 0 Å². The van der Waals surface area contributed by atoms with Crippen molar-refractivity contribution in [2.24, 2.45) is 0 Å². The predicted octanol–water partition coefficient (Wildman–Crippen LogP) is 4.77. The average molecular weight is 431 g/mol. The smallest absolute Gasteiger partial charge is 0.192 e. The van der Waals surface area contributed by atoms with Crippen molar-refractivity contribution in [2.75, 3.05) is 19.5 Å². The molecule has 0 bridgehead atoms. The van der Waals surface area contributed by atoms with E-state index < -0.39 is 0 Å². The normalized spacial score (nSPS) is 13.9. The highest BCUT2D eigenvalue weighted by Gasteiger charge is 2.30. The van der Waals surface area contributed by atoms with Gasteiger partial charge in [0.2, 0.25) is 0 Å². The first kappa shape index (κ1) is 20.4. The molecule has 3 heterocycles. The number of ketones is 1. The number of ether oxygens (including phenoxy) is 1. The van der Waals surface area contributed by atoms with Crippen LogP contribution >= 0.6 is 23.1 Å². The zero-order valence-corrected chi connectivity index (χ0v) is 18.7. The molecule has 1 saturated carbocycles. The lowest BCUT2D eigenvalue weighted by molar-refractivity contribution is 0.102. The first-order valence-corrected chi connectivity index (χ1v) is 11.8. The van der Waals surface area contributed by atoms with Gasteiger partial charge in [-0.15, -0.1) is 21.5 Å². The number of thiophene rings is 1. The fourth-order valence-corrected chi connectivity index (χ4v) is 5.21. The minimum atomic E-state index is 0.143. The molecule has 6 nitrogen and oxygen atoms in total. The van der Waals surface area contributed by atoms with E-state index >= 15 is 0 Å². The van der Waals surface area contributed by atoms with Crippen molar-refractivity contribution in [3.63, 3.8) is 0 Å². The van der Waals surface area contributed by atoms with Gasteiger partial charge >= 0.3 is 0 Å². The topological polar surface area (TPSA) is 61.9 Å². The van der Waals surface area contributed by atoms with Gasteiger partial charge in [-0.3, -0.25) is 9.36 Å². The third-order valence-electron chi connectivity index (χ3n) is 5.25. The number of hydrogen-bond donors (Lipinski definition) is 0. The number of aromatic nitrogens is 4. The Morgan fingerprint density at radius 3 is 2.86 bits per heavy atom. The Balaban J connectivity index is 1.47. The van der Waals surface area contributed by atoms with Gasteiger partial charge in [-0.1, -0.05) is 17.8 Å². The molecular formula is C21H26N4O2S2. The molecule has 29 heavy (non-hydrogen) atoms. The second kappa shape index (κ2) is 8.85. The summed E-state index contributed by atoms with van der Waals surface area (Å²) in [6.45, 7) is 5.67. The summed E-state index contributed by atoms with van der Waals surface area (Å²) in [5, 5.41) is 11.7. The Kier molecular flexibility index (Phi) is 6.22. The van der Waals surface area contributed by atoms with Crippen LogP contribution < -0.4 is 0 Å². The summed E-state index contributed by atoms with van der Waals surface area (Å²) in [4.78, 5) is 14.1. The van der Waals surface area contributed by atoms with Crippen LogP contribution in [0.4, 0.5) is 0 Å². The molecule has 0 saturated heterocycles. The predicted molar refractivity (Wildman–Crippen MR) is 117 cm³/mol. The van der Waals surface area contributed by atoms with Gasteiger partial charge in [-0.25, -0.2) is 0 Å². The molecule has 0 aromatic carbocycles. The summed E-state index contributed by atoms with van der Waals surface area (Å²) in [6.07, 6.45) is 3.24. The van der Waals surface area contributed by atoms with Crippen LogP contribution in [0.15, 0.2) is 28.7 Å². The molecule has 8 heteroatoms. The van der Waals surface area contributed by atoms with Gasteiger partial charge in [0.05, 0.1) is 10.6 Å². The van der Waals surface area contributed by atoms with E-state index in [9.17, 15) is 4.79 Å². The highest BCUT2D eigenvalue weighted by molar-refractivity contribution is 7.99. The van der Waals surface area contributed by atoms with E-state index in [0.717, 1.165) is 65.2 Å². The van der Waals surface area contributed by atoms with Crippen LogP contribution in [0.25, 0.3) is 10.7 Å². The number of thioether (sulfide) groups is 1. The summed E-state index contributed by atoms with van der Waals surface area (Å²) in [7, 11) is 1.71. The zero-order chi connectivity index (χ0) is 20.4. The lowest BCUT2D eigenvalue weighted by atomic mass is 10.2. The fourth-order valence-electron chi connectivity index (χ4n) is 3.61. The molecule has 3 aromatic rings. The molecule has 3 aromatic heterocycles. The molecule has 0 atom stereocenters. The number of nitrogens with zero attached hydrogens (tertiary/aromatic N) is 4. The number of carbonyl (C=O) groups is 1. The van der Waals surface area contributed by atoms with Crippen LogP contribution in [0.1, 0.15) is 47.1 Å². The highest BCUT2D eigenvalue weighted by Crippen LogP contribution is 2.41. The minimum absolute atomic E-state index is 0.143. The Labute approximate surface area is 179 Å². The fraction of sp³-hybridized carbons (Fsp3) is 0.476. The summed E-state index contributed by atoms with van der Waals surface area (Å²) >= 11 is 3.17. The number of methoxy groups -OCH3 is 1. The number of aryl methyl sites for hydroxylation is 1. The second-order valence-corrected chi connectivity index (χ2v) is 9.27. The molecular weight excluding hydrogens is 404 g/mol. The molecule has 0 spiro atoms. The summed E-state index contributed by atoms with van der Waals surface area (Å²) in [5.41, 5.74) is 2.96. The Hall–Kier alpha value is -1.90. The first-order valence-electron chi connectivity index (χ1n) is 9.90. The van der Waals surface area contributed by atoms with E-state index in [-0.39, 0.29) is 5.78 Å². The van der Waals surface area contributed by atoms with Crippen molar-refractivity contribution in [1.29, 1.82) is 0 Å². The highest BCUT2D eigenvalue weighted by atomic mass is 32.2. The van der Waals surface area contributed by atoms with Crippen LogP contribution in [-0.4, -0.2) is 44.6 Å². The van der Waals surface area contributed by atoms with Gasteiger partial charge in [-0.2, -0.15) is 0 Å². The molecule has 0 amide bonds. The minimum Gasteiger partial charge on any atom is -0.385 e. The van der Waals surface area contributed by atoms with Crippen LogP contribution in [-0.2, 0) is 11.3 Å². The third-order valence-corrected chi connectivity index (χ3v) is 7.06. The maximum absolute atomic E-state index is 13.0. The maximum Gasteiger partial charge on any atom is 0.192 e. The molecule has 1 aliphatic rings. The van der Waals surface area contributed by atoms with Gasteiger partial charge in [0, 0.05) is 43.3 Å². The molecule has 0 N–H and O–H groups in total. The number of carbonyl (C=O) groups excluding carboxylic acids is 1. The van der Waals surface area contributed by atoms with Crippen molar-refractivity contribution < 1.29 is 9.53 Å². The summed E-state index contributed by atoms with van der Waals surface area (Å²) in [6, 6.07) is 6.58. The lowest BCUT2D eigenvalue weighted by Gasteiger charge is -2.09.